The van der Waals surface area contributed by atoms with Gasteiger partial charge in [0.05, 0.1) is 0 Å². The summed E-state index contributed by atoms with van der Waals surface area (Å²) in [6.07, 6.45) is -5.03. The predicted molar refractivity (Wildman–Crippen MR) is 52.7 cm³/mol. The van der Waals surface area contributed by atoms with E-state index in [0.29, 0.717) is 6.54 Å². The predicted octanol–water partition coefficient (Wildman–Crippen LogP) is 0.841. The van der Waals surface area contributed by atoms with Crippen LogP contribution in [0.25, 0.3) is 0 Å². The van der Waals surface area contributed by atoms with Crippen LogP contribution < -0.4 is 5.32 Å². The number of unbranched alkanes of at least 4 members (excludes halogenated alkanes) is 1. The van der Waals surface area contributed by atoms with E-state index in [4.69, 9.17) is 5.11 Å². The maximum Gasteiger partial charge on any atom is 0.415 e. The molecular weight excluding hydrogens is 209 g/mol. The monoisotopic (exact) mass is 228 g/mol. The molecule has 0 amide bonds. The summed E-state index contributed by atoms with van der Waals surface area (Å²) < 4.78 is 35.5. The Morgan fingerprint density at radius 3 is 2.33 bits per heavy atom. The summed E-state index contributed by atoms with van der Waals surface area (Å²) in [6.45, 7) is 0.996. The van der Waals surface area contributed by atoms with Crippen LogP contribution in [0.3, 0.4) is 0 Å². The van der Waals surface area contributed by atoms with Gasteiger partial charge in [0.2, 0.25) is 0 Å². The molecule has 0 fully saturated rings. The van der Waals surface area contributed by atoms with Crippen LogP contribution >= 0.6 is 0 Å². The zero-order chi connectivity index (χ0) is 11.9. The van der Waals surface area contributed by atoms with Crippen LogP contribution in [-0.2, 0) is 0 Å². The van der Waals surface area contributed by atoms with Crippen LogP contribution in [-0.4, -0.2) is 56.0 Å². The number of nitrogens with one attached hydrogen (secondary N) is 1. The first kappa shape index (κ1) is 14.7. The molecule has 1 unspecified atom stereocenters. The Hall–Kier alpha value is -0.330. The van der Waals surface area contributed by atoms with Crippen molar-refractivity contribution in [3.05, 3.63) is 0 Å². The average Bonchev–Trinajstić information content (AvgIpc) is 2.08. The van der Waals surface area contributed by atoms with Gasteiger partial charge in [-0.1, -0.05) is 0 Å². The molecule has 3 nitrogen and oxygen atoms in total. The number of rotatable bonds is 7. The van der Waals surface area contributed by atoms with E-state index in [1.54, 1.807) is 0 Å². The Morgan fingerprint density at radius 1 is 1.27 bits per heavy atom. The van der Waals surface area contributed by atoms with E-state index in [9.17, 15) is 13.2 Å². The second kappa shape index (κ2) is 7.03. The maximum absolute atomic E-state index is 11.8. The molecule has 0 radical (unpaired) electrons. The molecule has 0 aromatic rings. The molecule has 92 valence electrons. The van der Waals surface area contributed by atoms with Crippen molar-refractivity contribution in [1.29, 1.82) is 0 Å². The standard InChI is InChI=1S/C9H19F3N2O/c1-14(2)6-4-3-5-13-7-8(15)9(10,11)12/h8,13,15H,3-7H2,1-2H3. The van der Waals surface area contributed by atoms with E-state index in [1.165, 1.54) is 0 Å². The van der Waals surface area contributed by atoms with E-state index in [0.717, 1.165) is 19.4 Å². The molecule has 0 heterocycles. The zero-order valence-corrected chi connectivity index (χ0v) is 9.14. The van der Waals surface area contributed by atoms with Crippen LogP contribution in [0.2, 0.25) is 0 Å². The van der Waals surface area contributed by atoms with Crippen molar-refractivity contribution in [3.63, 3.8) is 0 Å². The van der Waals surface area contributed by atoms with Gasteiger partial charge in [0.25, 0.3) is 0 Å². The van der Waals surface area contributed by atoms with Crippen LogP contribution in [0.5, 0.6) is 0 Å². The van der Waals surface area contributed by atoms with Crippen molar-refractivity contribution in [3.8, 4) is 0 Å². The summed E-state index contributed by atoms with van der Waals surface area (Å²) in [5.74, 6) is 0. The summed E-state index contributed by atoms with van der Waals surface area (Å²) in [5.41, 5.74) is 0. The van der Waals surface area contributed by atoms with Crippen LogP contribution in [0.15, 0.2) is 0 Å². The Balaban J connectivity index is 3.32. The molecule has 0 aliphatic heterocycles. The van der Waals surface area contributed by atoms with Crippen LogP contribution in [0.1, 0.15) is 12.8 Å². The molecule has 0 aliphatic carbocycles. The highest BCUT2D eigenvalue weighted by molar-refractivity contribution is 4.67. The van der Waals surface area contributed by atoms with Crippen molar-refractivity contribution in [1.82, 2.24) is 10.2 Å². The number of alkyl halides is 3. The topological polar surface area (TPSA) is 35.5 Å². The van der Waals surface area contributed by atoms with E-state index < -0.39 is 18.8 Å². The minimum Gasteiger partial charge on any atom is -0.382 e. The first-order valence-electron chi connectivity index (χ1n) is 4.94. The molecule has 0 saturated heterocycles. The normalized spacial score (nSPS) is 14.6. The van der Waals surface area contributed by atoms with Crippen molar-refractivity contribution >= 4 is 0 Å². The van der Waals surface area contributed by atoms with E-state index in [2.05, 4.69) is 5.32 Å². The van der Waals surface area contributed by atoms with Gasteiger partial charge in [0.1, 0.15) is 0 Å². The number of nitrogens with zero attached hydrogens (tertiary/aromatic N) is 1. The van der Waals surface area contributed by atoms with Gasteiger partial charge in [-0.2, -0.15) is 13.2 Å². The highest BCUT2D eigenvalue weighted by atomic mass is 19.4. The fourth-order valence-electron chi connectivity index (χ4n) is 1.03. The van der Waals surface area contributed by atoms with Crippen molar-refractivity contribution < 1.29 is 18.3 Å². The number of hydrogen-bond acceptors (Lipinski definition) is 3. The Morgan fingerprint density at radius 2 is 1.87 bits per heavy atom. The summed E-state index contributed by atoms with van der Waals surface area (Å²) >= 11 is 0. The van der Waals surface area contributed by atoms with Crippen molar-refractivity contribution in [2.75, 3.05) is 33.7 Å². The average molecular weight is 228 g/mol. The molecule has 15 heavy (non-hydrogen) atoms. The fraction of sp³-hybridized carbons (Fsp3) is 1.00. The van der Waals surface area contributed by atoms with Gasteiger partial charge in [0, 0.05) is 6.54 Å². The summed E-state index contributed by atoms with van der Waals surface area (Å²) in [4.78, 5) is 2.02. The van der Waals surface area contributed by atoms with Crippen molar-refractivity contribution in [2.24, 2.45) is 0 Å². The highest BCUT2D eigenvalue weighted by Crippen LogP contribution is 2.18. The third kappa shape index (κ3) is 8.65. The largest absolute Gasteiger partial charge is 0.415 e. The third-order valence-electron chi connectivity index (χ3n) is 1.92. The SMILES string of the molecule is CN(C)CCCCNCC(O)C(F)(F)F. The minimum atomic E-state index is -4.52. The maximum atomic E-state index is 11.8. The molecule has 0 bridgehead atoms. The second-order valence-electron chi connectivity index (χ2n) is 3.77. The van der Waals surface area contributed by atoms with E-state index in [-0.39, 0.29) is 0 Å². The van der Waals surface area contributed by atoms with Crippen LogP contribution in [0.4, 0.5) is 13.2 Å². The van der Waals surface area contributed by atoms with Crippen LogP contribution in [0, 0.1) is 0 Å². The number of aliphatic hydroxyl groups excluding tert-OH is 1. The Labute approximate surface area is 88.3 Å². The second-order valence-corrected chi connectivity index (χ2v) is 3.77. The lowest BCUT2D eigenvalue weighted by atomic mass is 10.3. The molecule has 0 rings (SSSR count). The lowest BCUT2D eigenvalue weighted by Crippen LogP contribution is -2.38. The molecule has 2 N–H and O–H groups in total. The quantitative estimate of drug-likeness (QED) is 0.634. The van der Waals surface area contributed by atoms with Gasteiger partial charge in [0.15, 0.2) is 6.10 Å². The van der Waals surface area contributed by atoms with Gasteiger partial charge < -0.3 is 15.3 Å². The van der Waals surface area contributed by atoms with E-state index >= 15 is 0 Å². The molecule has 6 heteroatoms. The fourth-order valence-corrected chi connectivity index (χ4v) is 1.03. The lowest BCUT2D eigenvalue weighted by Gasteiger charge is -2.15. The molecule has 0 aliphatic rings. The Bertz CT molecular complexity index is 162. The van der Waals surface area contributed by atoms with Gasteiger partial charge in [-0.15, -0.1) is 0 Å². The summed E-state index contributed by atoms with van der Waals surface area (Å²) in [7, 11) is 3.89. The number of halogens is 3. The van der Waals surface area contributed by atoms with Gasteiger partial charge in [-0.25, -0.2) is 0 Å². The lowest BCUT2D eigenvalue weighted by molar-refractivity contribution is -0.201. The third-order valence-corrected chi connectivity index (χ3v) is 1.92. The molecule has 0 aromatic heterocycles. The van der Waals surface area contributed by atoms with Gasteiger partial charge in [-0.05, 0) is 40.0 Å². The van der Waals surface area contributed by atoms with Gasteiger partial charge in [-0.3, -0.25) is 0 Å². The first-order valence-corrected chi connectivity index (χ1v) is 4.94. The summed E-state index contributed by atoms with van der Waals surface area (Å²) in [6, 6.07) is 0. The number of hydrogen-bond donors (Lipinski definition) is 2. The van der Waals surface area contributed by atoms with Crippen molar-refractivity contribution in [2.45, 2.75) is 25.1 Å². The van der Waals surface area contributed by atoms with Gasteiger partial charge >= 0.3 is 6.18 Å². The molecular formula is C9H19F3N2O. The molecule has 1 atom stereocenters. The Kier molecular flexibility index (Phi) is 6.87. The summed E-state index contributed by atoms with van der Waals surface area (Å²) in [5, 5.41) is 11.2. The molecule has 0 saturated carbocycles. The molecule has 0 spiro atoms. The first-order chi connectivity index (χ1) is 6.84. The zero-order valence-electron chi connectivity index (χ0n) is 9.14. The smallest absolute Gasteiger partial charge is 0.382 e. The molecule has 0 aromatic carbocycles. The van der Waals surface area contributed by atoms with E-state index in [1.807, 2.05) is 19.0 Å². The minimum absolute atomic E-state index is 0.425. The highest BCUT2D eigenvalue weighted by Gasteiger charge is 2.37. The number of aliphatic hydroxyl groups is 1.